The summed E-state index contributed by atoms with van der Waals surface area (Å²) < 4.78 is 0. The fourth-order valence-electron chi connectivity index (χ4n) is 1.14. The predicted octanol–water partition coefficient (Wildman–Crippen LogP) is 2.67. The van der Waals surface area contributed by atoms with Crippen LogP contribution in [-0.2, 0) is 9.59 Å². The van der Waals surface area contributed by atoms with Gasteiger partial charge in [-0.05, 0) is 25.3 Å². The Labute approximate surface area is 80.0 Å². The minimum atomic E-state index is 0.144. The second kappa shape index (κ2) is 6.58. The molecular weight excluding hydrogens is 164 g/mol. The number of hydrogen-bond acceptors (Lipinski definition) is 2. The van der Waals surface area contributed by atoms with Crippen molar-refractivity contribution in [2.24, 2.45) is 0 Å². The molecule has 0 atom stereocenters. The van der Waals surface area contributed by atoms with Crippen LogP contribution < -0.4 is 0 Å². The fourth-order valence-corrected chi connectivity index (χ4v) is 1.14. The van der Waals surface area contributed by atoms with Crippen molar-refractivity contribution >= 4 is 11.6 Å². The van der Waals surface area contributed by atoms with E-state index in [1.165, 1.54) is 0 Å². The number of rotatable bonds is 6. The minimum Gasteiger partial charge on any atom is -0.300 e. The first-order valence-electron chi connectivity index (χ1n) is 4.83. The molecule has 0 saturated heterocycles. The summed E-state index contributed by atoms with van der Waals surface area (Å²) >= 11 is 0. The van der Waals surface area contributed by atoms with E-state index in [9.17, 15) is 9.59 Å². The van der Waals surface area contributed by atoms with E-state index in [4.69, 9.17) is 0 Å². The smallest absolute Gasteiger partial charge is 0.158 e. The Morgan fingerprint density at radius 2 is 1.77 bits per heavy atom. The molecule has 0 aliphatic carbocycles. The van der Waals surface area contributed by atoms with Gasteiger partial charge in [-0.2, -0.15) is 0 Å². The molecule has 74 valence electrons. The summed E-state index contributed by atoms with van der Waals surface area (Å²) in [6.45, 7) is 5.40. The first-order valence-corrected chi connectivity index (χ1v) is 4.83. The van der Waals surface area contributed by atoms with E-state index < -0.39 is 0 Å². The highest BCUT2D eigenvalue weighted by Crippen LogP contribution is 2.10. The van der Waals surface area contributed by atoms with Crippen LogP contribution in [0.3, 0.4) is 0 Å². The van der Waals surface area contributed by atoms with Crippen molar-refractivity contribution in [2.45, 2.75) is 46.5 Å². The standard InChI is InChI=1S/C11H18O2/c1-4-6-10(11(13)5-2)8-7-9(3)12/h6H,4-5,7-8H2,1-3H3/b10-6-. The first kappa shape index (κ1) is 12.1. The zero-order chi connectivity index (χ0) is 10.3. The molecule has 0 spiro atoms. The molecule has 0 aliphatic rings. The van der Waals surface area contributed by atoms with Crippen LogP contribution >= 0.6 is 0 Å². The molecule has 0 aliphatic heterocycles. The molecule has 0 bridgehead atoms. The van der Waals surface area contributed by atoms with Crippen LogP contribution in [0.25, 0.3) is 0 Å². The zero-order valence-corrected chi connectivity index (χ0v) is 8.72. The number of hydrogen-bond donors (Lipinski definition) is 0. The molecule has 0 aromatic carbocycles. The first-order chi connectivity index (χ1) is 6.11. The lowest BCUT2D eigenvalue weighted by atomic mass is 10.0. The van der Waals surface area contributed by atoms with Gasteiger partial charge in [0, 0.05) is 12.8 Å². The molecule has 2 heteroatoms. The van der Waals surface area contributed by atoms with Crippen molar-refractivity contribution in [2.75, 3.05) is 0 Å². The van der Waals surface area contributed by atoms with Gasteiger partial charge in [0.2, 0.25) is 0 Å². The average Bonchev–Trinajstić information content (AvgIpc) is 2.10. The van der Waals surface area contributed by atoms with Gasteiger partial charge in [0.05, 0.1) is 0 Å². The number of Topliss-reactive ketones (excluding diaryl/α,β-unsaturated/α-hetero) is 2. The Morgan fingerprint density at radius 1 is 1.15 bits per heavy atom. The van der Waals surface area contributed by atoms with E-state index in [1.807, 2.05) is 19.9 Å². The van der Waals surface area contributed by atoms with Crippen molar-refractivity contribution in [1.29, 1.82) is 0 Å². The molecule has 0 fully saturated rings. The van der Waals surface area contributed by atoms with Crippen LogP contribution in [-0.4, -0.2) is 11.6 Å². The maximum Gasteiger partial charge on any atom is 0.158 e. The van der Waals surface area contributed by atoms with Crippen LogP contribution in [0.1, 0.15) is 46.5 Å². The Hall–Kier alpha value is -0.920. The highest BCUT2D eigenvalue weighted by atomic mass is 16.1. The van der Waals surface area contributed by atoms with Gasteiger partial charge in [0.1, 0.15) is 5.78 Å². The lowest BCUT2D eigenvalue weighted by molar-refractivity contribution is -0.117. The zero-order valence-electron chi connectivity index (χ0n) is 8.72. The van der Waals surface area contributed by atoms with Gasteiger partial charge >= 0.3 is 0 Å². The van der Waals surface area contributed by atoms with Gasteiger partial charge in [-0.1, -0.05) is 19.9 Å². The normalized spacial score (nSPS) is 11.5. The largest absolute Gasteiger partial charge is 0.300 e. The van der Waals surface area contributed by atoms with E-state index in [2.05, 4.69) is 0 Å². The molecule has 0 aromatic rings. The van der Waals surface area contributed by atoms with Crippen molar-refractivity contribution in [3.63, 3.8) is 0 Å². The number of ketones is 2. The van der Waals surface area contributed by atoms with Crippen LogP contribution in [0, 0.1) is 0 Å². The number of allylic oxidation sites excluding steroid dienone is 2. The van der Waals surface area contributed by atoms with Gasteiger partial charge < -0.3 is 4.79 Å². The third-order valence-corrected chi connectivity index (χ3v) is 1.88. The Balaban J connectivity index is 4.19. The molecular formula is C11H18O2. The van der Waals surface area contributed by atoms with Crippen molar-refractivity contribution < 1.29 is 9.59 Å². The van der Waals surface area contributed by atoms with Crippen molar-refractivity contribution in [1.82, 2.24) is 0 Å². The van der Waals surface area contributed by atoms with Gasteiger partial charge in [0.15, 0.2) is 5.78 Å². The maximum atomic E-state index is 11.3. The van der Waals surface area contributed by atoms with E-state index in [0.717, 1.165) is 12.0 Å². The topological polar surface area (TPSA) is 34.1 Å². The van der Waals surface area contributed by atoms with Gasteiger partial charge in [0.25, 0.3) is 0 Å². The molecule has 0 rings (SSSR count). The highest BCUT2D eigenvalue weighted by molar-refractivity contribution is 5.95. The lowest BCUT2D eigenvalue weighted by Crippen LogP contribution is -2.02. The lowest BCUT2D eigenvalue weighted by Gasteiger charge is -2.02. The van der Waals surface area contributed by atoms with Crippen LogP contribution in [0.5, 0.6) is 0 Å². The van der Waals surface area contributed by atoms with Crippen LogP contribution in [0.15, 0.2) is 11.6 Å². The third-order valence-electron chi connectivity index (χ3n) is 1.88. The number of carbonyl (C=O) groups excluding carboxylic acids is 2. The molecule has 0 unspecified atom stereocenters. The van der Waals surface area contributed by atoms with Gasteiger partial charge in [-0.25, -0.2) is 0 Å². The van der Waals surface area contributed by atoms with E-state index in [-0.39, 0.29) is 11.6 Å². The summed E-state index contributed by atoms with van der Waals surface area (Å²) in [7, 11) is 0. The molecule has 0 saturated carbocycles. The quantitative estimate of drug-likeness (QED) is 0.592. The molecule has 0 amide bonds. The minimum absolute atomic E-state index is 0.144. The predicted molar refractivity (Wildman–Crippen MR) is 53.6 cm³/mol. The SMILES string of the molecule is CC/C=C(/CCC(C)=O)C(=O)CC. The van der Waals surface area contributed by atoms with Crippen LogP contribution in [0.4, 0.5) is 0 Å². The molecule has 13 heavy (non-hydrogen) atoms. The van der Waals surface area contributed by atoms with E-state index in [0.29, 0.717) is 19.3 Å². The molecule has 0 radical (unpaired) electrons. The Bertz CT molecular complexity index is 214. The number of carbonyl (C=O) groups is 2. The van der Waals surface area contributed by atoms with Crippen molar-refractivity contribution in [3.05, 3.63) is 11.6 Å². The van der Waals surface area contributed by atoms with Crippen molar-refractivity contribution in [3.8, 4) is 0 Å². The monoisotopic (exact) mass is 182 g/mol. The summed E-state index contributed by atoms with van der Waals surface area (Å²) in [6, 6.07) is 0. The second-order valence-corrected chi connectivity index (χ2v) is 3.12. The summed E-state index contributed by atoms with van der Waals surface area (Å²) in [5, 5.41) is 0. The highest BCUT2D eigenvalue weighted by Gasteiger charge is 2.06. The Kier molecular flexibility index (Phi) is 6.11. The summed E-state index contributed by atoms with van der Waals surface area (Å²) in [5.74, 6) is 0.314. The average molecular weight is 182 g/mol. The Morgan fingerprint density at radius 3 is 2.15 bits per heavy atom. The molecule has 2 nitrogen and oxygen atoms in total. The molecule has 0 aromatic heterocycles. The second-order valence-electron chi connectivity index (χ2n) is 3.12. The van der Waals surface area contributed by atoms with E-state index in [1.54, 1.807) is 6.92 Å². The van der Waals surface area contributed by atoms with Gasteiger partial charge in [-0.3, -0.25) is 4.79 Å². The van der Waals surface area contributed by atoms with Gasteiger partial charge in [-0.15, -0.1) is 0 Å². The summed E-state index contributed by atoms with van der Waals surface area (Å²) in [4.78, 5) is 22.1. The maximum absolute atomic E-state index is 11.3. The summed E-state index contributed by atoms with van der Waals surface area (Å²) in [6.07, 6.45) is 4.41. The molecule has 0 N–H and O–H groups in total. The third kappa shape index (κ3) is 5.34. The fraction of sp³-hybridized carbons (Fsp3) is 0.636. The van der Waals surface area contributed by atoms with E-state index >= 15 is 0 Å². The summed E-state index contributed by atoms with van der Waals surface area (Å²) in [5.41, 5.74) is 0.820. The van der Waals surface area contributed by atoms with Crippen LogP contribution in [0.2, 0.25) is 0 Å². The molecule has 0 heterocycles.